The van der Waals surface area contributed by atoms with Crippen molar-refractivity contribution >= 4 is 17.5 Å². The molecule has 3 aromatic rings. The van der Waals surface area contributed by atoms with Crippen LogP contribution in [0.1, 0.15) is 13.3 Å². The van der Waals surface area contributed by atoms with E-state index in [1.165, 1.54) is 18.2 Å². The van der Waals surface area contributed by atoms with E-state index in [4.69, 9.17) is 4.74 Å². The highest BCUT2D eigenvalue weighted by Crippen LogP contribution is 2.29. The van der Waals surface area contributed by atoms with Gasteiger partial charge in [-0.3, -0.25) is 0 Å². The summed E-state index contributed by atoms with van der Waals surface area (Å²) in [5.74, 6) is 1.30. The molecule has 0 atom stereocenters. The summed E-state index contributed by atoms with van der Waals surface area (Å²) in [6.07, 6.45) is -3.90. The number of benzene rings is 2. The Morgan fingerprint density at radius 3 is 2.41 bits per heavy atom. The van der Waals surface area contributed by atoms with E-state index in [-0.39, 0.29) is 5.75 Å². The van der Waals surface area contributed by atoms with Crippen molar-refractivity contribution in [2.24, 2.45) is 0 Å². The van der Waals surface area contributed by atoms with Crippen LogP contribution < -0.4 is 20.1 Å². The topological polar surface area (TPSA) is 71.5 Å². The smallest absolute Gasteiger partial charge is 0.494 e. The van der Waals surface area contributed by atoms with Crippen LogP contribution in [0.2, 0.25) is 0 Å². The summed E-state index contributed by atoms with van der Waals surface area (Å²) in [6.45, 7) is 4.01. The Kier molecular flexibility index (Phi) is 8.53. The quantitative estimate of drug-likeness (QED) is 0.353. The Hall–Kier alpha value is -3.53. The summed E-state index contributed by atoms with van der Waals surface area (Å²) in [5.41, 5.74) is 1.70. The SMILES string of the molecule is CCOc1ccc(Nc2cc(-c3cccc(OC(F)(F)F)c3)nc(NCCCN(C)C)n2)cc1. The van der Waals surface area contributed by atoms with Gasteiger partial charge in [-0.1, -0.05) is 12.1 Å². The van der Waals surface area contributed by atoms with Crippen molar-refractivity contribution in [2.45, 2.75) is 19.7 Å². The Labute approximate surface area is 196 Å². The zero-order valence-electron chi connectivity index (χ0n) is 19.3. The molecule has 3 rings (SSSR count). The maximum atomic E-state index is 12.7. The summed E-state index contributed by atoms with van der Waals surface area (Å²) in [4.78, 5) is 11.1. The predicted octanol–water partition coefficient (Wildman–Crippen LogP) is 5.55. The van der Waals surface area contributed by atoms with Crippen LogP contribution in [0.25, 0.3) is 11.3 Å². The first-order chi connectivity index (χ1) is 16.2. The first kappa shape index (κ1) is 25.1. The minimum atomic E-state index is -4.77. The van der Waals surface area contributed by atoms with Crippen LogP contribution >= 0.6 is 0 Å². The number of halogens is 3. The lowest BCUT2D eigenvalue weighted by Crippen LogP contribution is -2.17. The Morgan fingerprint density at radius 1 is 0.971 bits per heavy atom. The van der Waals surface area contributed by atoms with Crippen LogP contribution in [0.5, 0.6) is 11.5 Å². The van der Waals surface area contributed by atoms with Crippen molar-refractivity contribution < 1.29 is 22.6 Å². The maximum Gasteiger partial charge on any atom is 0.573 e. The first-order valence-electron chi connectivity index (χ1n) is 10.9. The van der Waals surface area contributed by atoms with E-state index in [1.54, 1.807) is 12.1 Å². The molecule has 0 bridgehead atoms. The molecule has 0 fully saturated rings. The molecule has 2 aromatic carbocycles. The molecule has 1 aromatic heterocycles. The summed E-state index contributed by atoms with van der Waals surface area (Å²) in [6, 6.07) is 14.8. The highest BCUT2D eigenvalue weighted by atomic mass is 19.4. The number of hydrogen-bond acceptors (Lipinski definition) is 7. The predicted molar refractivity (Wildman–Crippen MR) is 127 cm³/mol. The van der Waals surface area contributed by atoms with Gasteiger partial charge in [-0.05, 0) is 70.4 Å². The maximum absolute atomic E-state index is 12.7. The van der Waals surface area contributed by atoms with Gasteiger partial charge in [0.15, 0.2) is 0 Å². The Bertz CT molecular complexity index is 1060. The van der Waals surface area contributed by atoms with Crippen LogP contribution in [0.15, 0.2) is 54.6 Å². The highest BCUT2D eigenvalue weighted by molar-refractivity contribution is 5.68. The molecular formula is C24H28F3N5O2. The molecule has 0 unspecified atom stereocenters. The van der Waals surface area contributed by atoms with Crippen molar-refractivity contribution in [3.8, 4) is 22.8 Å². The fraction of sp³-hybridized carbons (Fsp3) is 0.333. The van der Waals surface area contributed by atoms with Crippen LogP contribution in [-0.4, -0.2) is 55.0 Å². The number of rotatable bonds is 11. The van der Waals surface area contributed by atoms with Gasteiger partial charge in [0.05, 0.1) is 12.3 Å². The average Bonchev–Trinajstić information content (AvgIpc) is 2.77. The second kappa shape index (κ2) is 11.6. The van der Waals surface area contributed by atoms with Gasteiger partial charge in [0.2, 0.25) is 5.95 Å². The van der Waals surface area contributed by atoms with E-state index < -0.39 is 6.36 Å². The summed E-state index contributed by atoms with van der Waals surface area (Å²) < 4.78 is 47.5. The average molecular weight is 476 g/mol. The number of nitrogens with one attached hydrogen (secondary N) is 2. The number of alkyl halides is 3. The second-order valence-corrected chi connectivity index (χ2v) is 7.70. The molecule has 0 amide bonds. The lowest BCUT2D eigenvalue weighted by atomic mass is 10.1. The molecule has 34 heavy (non-hydrogen) atoms. The standard InChI is InChI=1S/C24H28F3N5O2/c1-4-33-19-11-9-18(10-12-19)29-22-16-21(30-23(31-22)28-13-6-14-32(2)3)17-7-5-8-20(15-17)34-24(25,26)27/h5,7-12,15-16H,4,6,13-14H2,1-3H3,(H2,28,29,30,31). The van der Waals surface area contributed by atoms with Gasteiger partial charge in [0.1, 0.15) is 17.3 Å². The van der Waals surface area contributed by atoms with Crippen molar-refractivity contribution in [2.75, 3.05) is 44.4 Å². The molecule has 0 saturated heterocycles. The molecule has 7 nitrogen and oxygen atoms in total. The molecule has 0 saturated carbocycles. The minimum absolute atomic E-state index is 0.315. The van der Waals surface area contributed by atoms with Gasteiger partial charge in [-0.2, -0.15) is 4.98 Å². The Morgan fingerprint density at radius 2 is 1.74 bits per heavy atom. The fourth-order valence-corrected chi connectivity index (χ4v) is 3.14. The molecule has 2 N–H and O–H groups in total. The third kappa shape index (κ3) is 8.11. The molecular weight excluding hydrogens is 447 g/mol. The molecule has 182 valence electrons. The molecule has 0 aliphatic heterocycles. The van der Waals surface area contributed by atoms with E-state index in [9.17, 15) is 13.2 Å². The van der Waals surface area contributed by atoms with Gasteiger partial charge >= 0.3 is 6.36 Å². The lowest BCUT2D eigenvalue weighted by Gasteiger charge is -2.14. The van der Waals surface area contributed by atoms with Gasteiger partial charge in [-0.15, -0.1) is 13.2 Å². The van der Waals surface area contributed by atoms with Crippen LogP contribution in [0.4, 0.5) is 30.6 Å². The summed E-state index contributed by atoms with van der Waals surface area (Å²) in [5, 5.41) is 6.41. The van der Waals surface area contributed by atoms with Crippen molar-refractivity contribution in [3.05, 3.63) is 54.6 Å². The highest BCUT2D eigenvalue weighted by Gasteiger charge is 2.31. The number of ether oxygens (including phenoxy) is 2. The van der Waals surface area contributed by atoms with Crippen molar-refractivity contribution in [3.63, 3.8) is 0 Å². The zero-order valence-corrected chi connectivity index (χ0v) is 19.3. The van der Waals surface area contributed by atoms with Gasteiger partial charge in [0.25, 0.3) is 0 Å². The van der Waals surface area contributed by atoms with E-state index in [2.05, 4.69) is 30.2 Å². The van der Waals surface area contributed by atoms with Gasteiger partial charge < -0.3 is 25.0 Å². The monoisotopic (exact) mass is 475 g/mol. The number of aromatic nitrogens is 2. The van der Waals surface area contributed by atoms with E-state index >= 15 is 0 Å². The lowest BCUT2D eigenvalue weighted by molar-refractivity contribution is -0.274. The number of hydrogen-bond donors (Lipinski definition) is 2. The summed E-state index contributed by atoms with van der Waals surface area (Å²) >= 11 is 0. The molecule has 0 aliphatic rings. The molecule has 0 aliphatic carbocycles. The molecule has 0 radical (unpaired) electrons. The summed E-state index contributed by atoms with van der Waals surface area (Å²) in [7, 11) is 3.98. The van der Waals surface area contributed by atoms with Crippen molar-refractivity contribution in [1.82, 2.24) is 14.9 Å². The number of nitrogens with zero attached hydrogens (tertiary/aromatic N) is 3. The van der Waals surface area contributed by atoms with Gasteiger partial charge in [-0.25, -0.2) is 4.98 Å². The molecule has 0 spiro atoms. The third-order valence-electron chi connectivity index (χ3n) is 4.59. The second-order valence-electron chi connectivity index (χ2n) is 7.70. The van der Waals surface area contributed by atoms with Crippen LogP contribution in [0, 0.1) is 0 Å². The Balaban J connectivity index is 1.87. The van der Waals surface area contributed by atoms with E-state index in [0.717, 1.165) is 24.4 Å². The van der Waals surface area contributed by atoms with Crippen LogP contribution in [-0.2, 0) is 0 Å². The van der Waals surface area contributed by atoms with E-state index in [0.29, 0.717) is 36.2 Å². The van der Waals surface area contributed by atoms with Gasteiger partial charge in [0, 0.05) is 23.9 Å². The normalized spacial score (nSPS) is 11.4. The van der Waals surface area contributed by atoms with Crippen molar-refractivity contribution in [1.29, 1.82) is 0 Å². The number of anilines is 3. The van der Waals surface area contributed by atoms with Crippen LogP contribution in [0.3, 0.4) is 0 Å². The first-order valence-corrected chi connectivity index (χ1v) is 10.9. The molecule has 10 heteroatoms. The zero-order chi connectivity index (χ0) is 24.6. The molecule has 1 heterocycles. The minimum Gasteiger partial charge on any atom is -0.494 e. The third-order valence-corrected chi connectivity index (χ3v) is 4.59. The largest absolute Gasteiger partial charge is 0.573 e. The van der Waals surface area contributed by atoms with E-state index in [1.807, 2.05) is 45.3 Å². The fourth-order valence-electron chi connectivity index (χ4n) is 3.14.